The lowest BCUT2D eigenvalue weighted by atomic mass is 9.89. The van der Waals surface area contributed by atoms with Crippen molar-refractivity contribution in [2.24, 2.45) is 0 Å². The molecule has 0 radical (unpaired) electrons. The molecule has 5 heteroatoms. The van der Waals surface area contributed by atoms with Crippen LogP contribution in [0.25, 0.3) is 0 Å². The number of hydrogen-bond donors (Lipinski definition) is 1. The van der Waals surface area contributed by atoms with Gasteiger partial charge in [0.1, 0.15) is 0 Å². The van der Waals surface area contributed by atoms with E-state index in [2.05, 4.69) is 5.32 Å². The number of hydrogen-bond acceptors (Lipinski definition) is 3. The number of fused-ring (bicyclic) bond motifs is 1. The normalized spacial score (nSPS) is 35.2. The molecule has 0 spiro atoms. The van der Waals surface area contributed by atoms with E-state index in [1.807, 2.05) is 0 Å². The molecule has 2 atom stereocenters. The number of sulfonamides is 1. The second-order valence-electron chi connectivity index (χ2n) is 4.29. The maximum absolute atomic E-state index is 11.5. The van der Waals surface area contributed by atoms with Gasteiger partial charge in [-0.2, -0.15) is 4.31 Å². The van der Waals surface area contributed by atoms with E-state index in [0.29, 0.717) is 12.6 Å². The minimum Gasteiger partial charge on any atom is -0.311 e. The fourth-order valence-corrected chi connectivity index (χ4v) is 3.80. The number of piperazine rings is 1. The summed E-state index contributed by atoms with van der Waals surface area (Å²) < 4.78 is 24.8. The fourth-order valence-electron chi connectivity index (χ4n) is 2.63. The molecule has 1 aliphatic carbocycles. The van der Waals surface area contributed by atoms with Gasteiger partial charge in [0.25, 0.3) is 0 Å². The third-order valence-corrected chi connectivity index (χ3v) is 4.57. The van der Waals surface area contributed by atoms with Crippen molar-refractivity contribution in [2.75, 3.05) is 19.3 Å². The number of nitrogens with zero attached hydrogens (tertiary/aromatic N) is 1. The van der Waals surface area contributed by atoms with Crippen LogP contribution >= 0.6 is 0 Å². The first-order valence-corrected chi connectivity index (χ1v) is 7.14. The zero-order chi connectivity index (χ0) is 10.2. The van der Waals surface area contributed by atoms with E-state index < -0.39 is 10.0 Å². The Hall–Kier alpha value is -0.130. The molecule has 2 fully saturated rings. The smallest absolute Gasteiger partial charge is 0.211 e. The van der Waals surface area contributed by atoms with Crippen LogP contribution in [-0.4, -0.2) is 44.2 Å². The molecule has 2 aliphatic rings. The Bertz CT molecular complexity index is 300. The van der Waals surface area contributed by atoms with Gasteiger partial charge in [0.2, 0.25) is 10.0 Å². The van der Waals surface area contributed by atoms with Gasteiger partial charge in [-0.05, 0) is 12.8 Å². The first kappa shape index (κ1) is 10.4. The summed E-state index contributed by atoms with van der Waals surface area (Å²) in [6.07, 6.45) is 5.85. The topological polar surface area (TPSA) is 49.4 Å². The highest BCUT2D eigenvalue weighted by Crippen LogP contribution is 2.26. The van der Waals surface area contributed by atoms with Gasteiger partial charge < -0.3 is 5.32 Å². The van der Waals surface area contributed by atoms with Crippen molar-refractivity contribution in [1.29, 1.82) is 0 Å². The van der Waals surface area contributed by atoms with Gasteiger partial charge in [0, 0.05) is 25.2 Å². The lowest BCUT2D eigenvalue weighted by Crippen LogP contribution is -2.60. The van der Waals surface area contributed by atoms with Crippen LogP contribution in [0.5, 0.6) is 0 Å². The van der Waals surface area contributed by atoms with E-state index in [4.69, 9.17) is 0 Å². The molecular formula is C9H18N2O2S. The molecule has 1 N–H and O–H groups in total. The lowest BCUT2D eigenvalue weighted by molar-refractivity contribution is 0.163. The van der Waals surface area contributed by atoms with E-state index >= 15 is 0 Å². The Labute approximate surface area is 85.7 Å². The van der Waals surface area contributed by atoms with Crippen molar-refractivity contribution < 1.29 is 8.42 Å². The Kier molecular flexibility index (Phi) is 2.81. The van der Waals surface area contributed by atoms with Crippen molar-refractivity contribution in [2.45, 2.75) is 37.8 Å². The minimum absolute atomic E-state index is 0.215. The van der Waals surface area contributed by atoms with Crippen LogP contribution in [0.3, 0.4) is 0 Å². The highest BCUT2D eigenvalue weighted by Gasteiger charge is 2.37. The SMILES string of the molecule is CS(=O)(=O)N1CCNC2CCCCC21. The molecule has 1 saturated carbocycles. The second-order valence-corrected chi connectivity index (χ2v) is 6.22. The Morgan fingerprint density at radius 2 is 2.00 bits per heavy atom. The van der Waals surface area contributed by atoms with Crippen LogP contribution in [0.1, 0.15) is 25.7 Å². The van der Waals surface area contributed by atoms with Gasteiger partial charge >= 0.3 is 0 Å². The molecule has 0 aromatic carbocycles. The summed E-state index contributed by atoms with van der Waals surface area (Å²) in [5.74, 6) is 0. The number of rotatable bonds is 1. The Morgan fingerprint density at radius 1 is 1.29 bits per heavy atom. The average molecular weight is 218 g/mol. The van der Waals surface area contributed by atoms with Crippen molar-refractivity contribution in [1.82, 2.24) is 9.62 Å². The second kappa shape index (κ2) is 3.79. The van der Waals surface area contributed by atoms with E-state index in [0.717, 1.165) is 25.8 Å². The summed E-state index contributed by atoms with van der Waals surface area (Å²) in [6.45, 7) is 1.44. The summed E-state index contributed by atoms with van der Waals surface area (Å²) in [5.41, 5.74) is 0. The zero-order valence-corrected chi connectivity index (χ0v) is 9.39. The molecule has 0 bridgehead atoms. The maximum Gasteiger partial charge on any atom is 0.211 e. The molecule has 2 rings (SSSR count). The molecular weight excluding hydrogens is 200 g/mol. The van der Waals surface area contributed by atoms with Gasteiger partial charge in [0.15, 0.2) is 0 Å². The molecule has 1 aliphatic heterocycles. The van der Waals surface area contributed by atoms with Crippen LogP contribution in [0, 0.1) is 0 Å². The van der Waals surface area contributed by atoms with Crippen LogP contribution in [0.4, 0.5) is 0 Å². The molecule has 0 aromatic rings. The van der Waals surface area contributed by atoms with Crippen molar-refractivity contribution in [3.8, 4) is 0 Å². The zero-order valence-electron chi connectivity index (χ0n) is 8.57. The van der Waals surface area contributed by atoms with Gasteiger partial charge in [-0.3, -0.25) is 0 Å². The first-order chi connectivity index (χ1) is 6.59. The highest BCUT2D eigenvalue weighted by atomic mass is 32.2. The summed E-state index contributed by atoms with van der Waals surface area (Å²) in [4.78, 5) is 0. The molecule has 14 heavy (non-hydrogen) atoms. The predicted octanol–water partition coefficient (Wildman–Crippen LogP) is 0.162. The summed E-state index contributed by atoms with van der Waals surface area (Å²) in [5, 5.41) is 3.42. The lowest BCUT2D eigenvalue weighted by Gasteiger charge is -2.43. The number of nitrogens with one attached hydrogen (secondary N) is 1. The minimum atomic E-state index is -3.00. The van der Waals surface area contributed by atoms with Crippen molar-refractivity contribution in [3.63, 3.8) is 0 Å². The molecule has 4 nitrogen and oxygen atoms in total. The van der Waals surface area contributed by atoms with Crippen LogP contribution in [0.15, 0.2) is 0 Å². The fraction of sp³-hybridized carbons (Fsp3) is 1.00. The third kappa shape index (κ3) is 1.94. The molecule has 1 heterocycles. The summed E-state index contributed by atoms with van der Waals surface area (Å²) >= 11 is 0. The van der Waals surface area contributed by atoms with Crippen LogP contribution < -0.4 is 5.32 Å². The molecule has 0 aromatic heterocycles. The Morgan fingerprint density at radius 3 is 2.71 bits per heavy atom. The third-order valence-electron chi connectivity index (χ3n) is 3.26. The molecule has 82 valence electrons. The first-order valence-electron chi connectivity index (χ1n) is 5.29. The maximum atomic E-state index is 11.5. The quantitative estimate of drug-likeness (QED) is 0.682. The van der Waals surface area contributed by atoms with E-state index in [9.17, 15) is 8.42 Å². The van der Waals surface area contributed by atoms with Gasteiger partial charge in [-0.15, -0.1) is 0 Å². The van der Waals surface area contributed by atoms with Gasteiger partial charge in [-0.25, -0.2) is 8.42 Å². The van der Waals surface area contributed by atoms with E-state index in [1.165, 1.54) is 12.7 Å². The molecule has 0 amide bonds. The van der Waals surface area contributed by atoms with Gasteiger partial charge in [-0.1, -0.05) is 12.8 Å². The average Bonchev–Trinajstić information content (AvgIpc) is 2.15. The van der Waals surface area contributed by atoms with E-state index in [-0.39, 0.29) is 6.04 Å². The largest absolute Gasteiger partial charge is 0.311 e. The van der Waals surface area contributed by atoms with Crippen LogP contribution in [0.2, 0.25) is 0 Å². The standard InChI is InChI=1S/C9H18N2O2S/c1-14(12,13)11-7-6-10-8-4-2-3-5-9(8)11/h8-10H,2-7H2,1H3. The van der Waals surface area contributed by atoms with Gasteiger partial charge in [0.05, 0.1) is 6.26 Å². The van der Waals surface area contributed by atoms with Crippen LogP contribution in [-0.2, 0) is 10.0 Å². The van der Waals surface area contributed by atoms with Crippen molar-refractivity contribution in [3.05, 3.63) is 0 Å². The Balaban J connectivity index is 2.17. The summed E-state index contributed by atoms with van der Waals surface area (Å²) in [7, 11) is -3.00. The summed E-state index contributed by atoms with van der Waals surface area (Å²) in [6, 6.07) is 0.611. The van der Waals surface area contributed by atoms with Crippen molar-refractivity contribution >= 4 is 10.0 Å². The molecule has 2 unspecified atom stereocenters. The highest BCUT2D eigenvalue weighted by molar-refractivity contribution is 7.88. The molecule has 1 saturated heterocycles. The monoisotopic (exact) mass is 218 g/mol. The van der Waals surface area contributed by atoms with E-state index in [1.54, 1.807) is 4.31 Å². The predicted molar refractivity (Wildman–Crippen MR) is 55.6 cm³/mol.